The van der Waals surface area contributed by atoms with Crippen molar-refractivity contribution in [2.45, 2.75) is 13.0 Å². The van der Waals surface area contributed by atoms with Gasteiger partial charge in [-0.15, -0.1) is 0 Å². The molecular weight excluding hydrogens is 272 g/mol. The monoisotopic (exact) mass is 278 g/mol. The van der Waals surface area contributed by atoms with E-state index in [1.54, 1.807) is 12.4 Å². The van der Waals surface area contributed by atoms with Crippen molar-refractivity contribution in [1.29, 1.82) is 0 Å². The second kappa shape index (κ2) is 3.65. The van der Waals surface area contributed by atoms with Crippen LogP contribution in [0.4, 0.5) is 0 Å². The molecule has 0 bridgehead atoms. The number of nitrogens with two attached hydrogens (primary N) is 1. The first-order valence-corrected chi connectivity index (χ1v) is 4.76. The second-order valence-corrected chi connectivity index (χ2v) is 4.01. The van der Waals surface area contributed by atoms with E-state index in [2.05, 4.69) is 36.8 Å². The lowest BCUT2D eigenvalue weighted by Crippen LogP contribution is -2.06. The molecule has 1 rings (SSSR count). The van der Waals surface area contributed by atoms with Crippen LogP contribution >= 0.6 is 31.9 Å². The van der Waals surface area contributed by atoms with Crippen LogP contribution in [0, 0.1) is 0 Å². The maximum absolute atomic E-state index is 5.73. The molecule has 2 nitrogen and oxygen atoms in total. The van der Waals surface area contributed by atoms with Gasteiger partial charge in [-0.3, -0.25) is 4.98 Å². The third kappa shape index (κ3) is 2.01. The van der Waals surface area contributed by atoms with Crippen LogP contribution in [0.15, 0.2) is 21.3 Å². The molecule has 1 aromatic heterocycles. The molecule has 0 radical (unpaired) electrons. The van der Waals surface area contributed by atoms with Crippen LogP contribution in [0.5, 0.6) is 0 Å². The first kappa shape index (κ1) is 9.16. The Morgan fingerprint density at radius 2 is 1.82 bits per heavy atom. The number of halogens is 2. The molecule has 0 fully saturated rings. The average Bonchev–Trinajstić information content (AvgIpc) is 1.85. The van der Waals surface area contributed by atoms with Crippen LogP contribution < -0.4 is 5.73 Å². The van der Waals surface area contributed by atoms with E-state index < -0.39 is 0 Å². The largest absolute Gasteiger partial charge is 0.324 e. The molecule has 1 heterocycles. The molecular formula is C7H8Br2N2. The van der Waals surface area contributed by atoms with Crippen LogP contribution in [0.3, 0.4) is 0 Å². The Kier molecular flexibility index (Phi) is 3.04. The van der Waals surface area contributed by atoms with Crippen molar-refractivity contribution in [2.24, 2.45) is 5.73 Å². The van der Waals surface area contributed by atoms with Crippen molar-refractivity contribution >= 4 is 31.9 Å². The molecule has 0 amide bonds. The van der Waals surface area contributed by atoms with Gasteiger partial charge >= 0.3 is 0 Å². The standard InChI is InChI=1S/C7H8Br2N2/c1-4(10)7-5(8)2-11-3-6(7)9/h2-4H,10H2,1H3/t4-/m0/s1. The summed E-state index contributed by atoms with van der Waals surface area (Å²) in [5, 5.41) is 0. The van der Waals surface area contributed by atoms with Crippen molar-refractivity contribution in [1.82, 2.24) is 4.98 Å². The van der Waals surface area contributed by atoms with Gasteiger partial charge < -0.3 is 5.73 Å². The Morgan fingerprint density at radius 3 is 2.09 bits per heavy atom. The smallest absolute Gasteiger partial charge is 0.0417 e. The SMILES string of the molecule is C[C@H](N)c1c(Br)cncc1Br. The van der Waals surface area contributed by atoms with Crippen LogP contribution in [-0.4, -0.2) is 4.98 Å². The maximum Gasteiger partial charge on any atom is 0.0417 e. The Bertz CT molecular complexity index is 240. The van der Waals surface area contributed by atoms with Crippen molar-refractivity contribution < 1.29 is 0 Å². The third-order valence-electron chi connectivity index (χ3n) is 1.35. The second-order valence-electron chi connectivity index (χ2n) is 2.31. The number of rotatable bonds is 1. The molecule has 4 heteroatoms. The number of aromatic nitrogens is 1. The Balaban J connectivity index is 3.21. The minimum Gasteiger partial charge on any atom is -0.324 e. The lowest BCUT2D eigenvalue weighted by molar-refractivity contribution is 0.804. The van der Waals surface area contributed by atoms with Crippen LogP contribution in [0.2, 0.25) is 0 Å². The van der Waals surface area contributed by atoms with Gasteiger partial charge in [0.15, 0.2) is 0 Å². The Labute approximate surface area is 82.5 Å². The molecule has 0 aliphatic heterocycles. The first-order valence-electron chi connectivity index (χ1n) is 3.17. The predicted molar refractivity (Wildman–Crippen MR) is 52.2 cm³/mol. The zero-order valence-corrected chi connectivity index (χ0v) is 9.18. The normalized spacial score (nSPS) is 13.1. The number of nitrogens with zero attached hydrogens (tertiary/aromatic N) is 1. The Morgan fingerprint density at radius 1 is 1.36 bits per heavy atom. The summed E-state index contributed by atoms with van der Waals surface area (Å²) in [5.41, 5.74) is 6.78. The third-order valence-corrected chi connectivity index (χ3v) is 2.61. The van der Waals surface area contributed by atoms with E-state index >= 15 is 0 Å². The summed E-state index contributed by atoms with van der Waals surface area (Å²) in [6.07, 6.45) is 3.48. The van der Waals surface area contributed by atoms with Gasteiger partial charge in [0.05, 0.1) is 0 Å². The summed E-state index contributed by atoms with van der Waals surface area (Å²) in [4.78, 5) is 3.98. The minimum atomic E-state index is 0.0155. The quantitative estimate of drug-likeness (QED) is 0.858. The fourth-order valence-corrected chi connectivity index (χ4v) is 2.51. The van der Waals surface area contributed by atoms with Gasteiger partial charge in [0.2, 0.25) is 0 Å². The van der Waals surface area contributed by atoms with Crippen LogP contribution in [-0.2, 0) is 0 Å². The van der Waals surface area contributed by atoms with Crippen molar-refractivity contribution in [3.05, 3.63) is 26.9 Å². The molecule has 0 aromatic carbocycles. The fraction of sp³-hybridized carbons (Fsp3) is 0.286. The van der Waals surface area contributed by atoms with Gasteiger partial charge in [0, 0.05) is 32.9 Å². The highest BCUT2D eigenvalue weighted by molar-refractivity contribution is 9.11. The van der Waals surface area contributed by atoms with Gasteiger partial charge in [0.25, 0.3) is 0 Å². The predicted octanol–water partition coefficient (Wildman–Crippen LogP) is 2.63. The zero-order chi connectivity index (χ0) is 8.43. The number of hydrogen-bond donors (Lipinski definition) is 1. The summed E-state index contributed by atoms with van der Waals surface area (Å²) in [5.74, 6) is 0. The van der Waals surface area contributed by atoms with E-state index in [1.807, 2.05) is 6.92 Å². The number of hydrogen-bond acceptors (Lipinski definition) is 2. The molecule has 0 spiro atoms. The van der Waals surface area contributed by atoms with Crippen molar-refractivity contribution in [2.75, 3.05) is 0 Å². The Hall–Kier alpha value is 0.0700. The van der Waals surface area contributed by atoms with E-state index in [0.29, 0.717) is 0 Å². The van der Waals surface area contributed by atoms with E-state index in [9.17, 15) is 0 Å². The molecule has 0 unspecified atom stereocenters. The summed E-state index contributed by atoms with van der Waals surface area (Å²) in [6.45, 7) is 1.94. The molecule has 0 saturated heterocycles. The van der Waals surface area contributed by atoms with Gasteiger partial charge in [-0.05, 0) is 38.8 Å². The maximum atomic E-state index is 5.73. The highest BCUT2D eigenvalue weighted by Crippen LogP contribution is 2.27. The van der Waals surface area contributed by atoms with E-state index in [1.165, 1.54) is 0 Å². The van der Waals surface area contributed by atoms with E-state index in [-0.39, 0.29) is 6.04 Å². The van der Waals surface area contributed by atoms with Gasteiger partial charge in [-0.1, -0.05) is 0 Å². The lowest BCUT2D eigenvalue weighted by atomic mass is 10.1. The average molecular weight is 280 g/mol. The molecule has 0 aliphatic rings. The molecule has 60 valence electrons. The summed E-state index contributed by atoms with van der Waals surface area (Å²) >= 11 is 6.75. The van der Waals surface area contributed by atoms with Gasteiger partial charge in [-0.2, -0.15) is 0 Å². The molecule has 1 aromatic rings. The molecule has 0 aliphatic carbocycles. The summed E-state index contributed by atoms with van der Waals surface area (Å²) in [7, 11) is 0. The van der Waals surface area contributed by atoms with E-state index in [4.69, 9.17) is 5.73 Å². The molecule has 11 heavy (non-hydrogen) atoms. The number of pyridine rings is 1. The van der Waals surface area contributed by atoms with Crippen LogP contribution in [0.1, 0.15) is 18.5 Å². The topological polar surface area (TPSA) is 38.9 Å². The van der Waals surface area contributed by atoms with Gasteiger partial charge in [0.1, 0.15) is 0 Å². The lowest BCUT2D eigenvalue weighted by Gasteiger charge is -2.09. The first-order chi connectivity index (χ1) is 5.13. The molecule has 0 saturated carbocycles. The van der Waals surface area contributed by atoms with Crippen molar-refractivity contribution in [3.63, 3.8) is 0 Å². The molecule has 2 N–H and O–H groups in total. The summed E-state index contributed by atoms with van der Waals surface area (Å²) in [6, 6.07) is 0.0155. The van der Waals surface area contributed by atoms with E-state index in [0.717, 1.165) is 14.5 Å². The minimum absolute atomic E-state index is 0.0155. The van der Waals surface area contributed by atoms with Crippen LogP contribution in [0.25, 0.3) is 0 Å². The summed E-state index contributed by atoms with van der Waals surface area (Å²) < 4.78 is 1.89. The molecule has 1 atom stereocenters. The highest BCUT2D eigenvalue weighted by atomic mass is 79.9. The zero-order valence-electron chi connectivity index (χ0n) is 6.01. The fourth-order valence-electron chi connectivity index (χ4n) is 0.856. The highest BCUT2D eigenvalue weighted by Gasteiger charge is 2.08. The van der Waals surface area contributed by atoms with Crippen molar-refractivity contribution in [3.8, 4) is 0 Å². The van der Waals surface area contributed by atoms with Gasteiger partial charge in [-0.25, -0.2) is 0 Å².